The molecule has 2 saturated heterocycles. The van der Waals surface area contributed by atoms with E-state index in [0.717, 1.165) is 5.06 Å². The van der Waals surface area contributed by atoms with E-state index in [1.807, 2.05) is 0 Å². The first kappa shape index (κ1) is 19.3. The van der Waals surface area contributed by atoms with Gasteiger partial charge in [-0.1, -0.05) is 0 Å². The predicted octanol–water partition coefficient (Wildman–Crippen LogP) is 0.607. The zero-order chi connectivity index (χ0) is 18.6. The molecule has 25 heavy (non-hydrogen) atoms. The Morgan fingerprint density at radius 3 is 2.72 bits per heavy atom. The SMILES string of the molecule is CC(C)(C)OC(=O)NCCONC(=O)C[C@@H]1CC[C@H]2CN1C(=O)N2O. The molecule has 0 aliphatic carbocycles. The van der Waals surface area contributed by atoms with Gasteiger partial charge in [0.25, 0.3) is 0 Å². The third kappa shape index (κ3) is 5.46. The number of fused-ring (bicyclic) bond motifs is 2. The summed E-state index contributed by atoms with van der Waals surface area (Å²) in [7, 11) is 0. The van der Waals surface area contributed by atoms with Crippen LogP contribution in [0.5, 0.6) is 0 Å². The van der Waals surface area contributed by atoms with Gasteiger partial charge in [-0.15, -0.1) is 0 Å². The van der Waals surface area contributed by atoms with E-state index in [9.17, 15) is 19.6 Å². The predicted molar refractivity (Wildman–Crippen MR) is 85.5 cm³/mol. The highest BCUT2D eigenvalue weighted by Crippen LogP contribution is 2.29. The summed E-state index contributed by atoms with van der Waals surface area (Å²) in [4.78, 5) is 41.7. The van der Waals surface area contributed by atoms with Crippen LogP contribution >= 0.6 is 0 Å². The van der Waals surface area contributed by atoms with Crippen molar-refractivity contribution in [2.45, 2.75) is 57.7 Å². The molecule has 10 nitrogen and oxygen atoms in total. The van der Waals surface area contributed by atoms with E-state index in [1.165, 1.54) is 4.90 Å². The largest absolute Gasteiger partial charge is 0.444 e. The van der Waals surface area contributed by atoms with Gasteiger partial charge in [0, 0.05) is 25.6 Å². The zero-order valence-electron chi connectivity index (χ0n) is 14.8. The summed E-state index contributed by atoms with van der Waals surface area (Å²) >= 11 is 0. The fourth-order valence-corrected chi connectivity index (χ4v) is 2.85. The first-order valence-electron chi connectivity index (χ1n) is 8.33. The molecular formula is C15H26N4O6. The van der Waals surface area contributed by atoms with Crippen LogP contribution in [0.3, 0.4) is 0 Å². The number of rotatable bonds is 6. The molecule has 0 aromatic rings. The number of alkyl carbamates (subject to hydrolysis) is 1. The van der Waals surface area contributed by atoms with Gasteiger partial charge in [-0.25, -0.2) is 20.1 Å². The zero-order valence-corrected chi connectivity index (χ0v) is 14.8. The molecule has 10 heteroatoms. The highest BCUT2D eigenvalue weighted by Gasteiger charge is 2.44. The molecule has 2 bridgehead atoms. The van der Waals surface area contributed by atoms with Crippen molar-refractivity contribution in [3.63, 3.8) is 0 Å². The van der Waals surface area contributed by atoms with Gasteiger partial charge in [-0.05, 0) is 33.6 Å². The molecule has 2 aliphatic heterocycles. The Balaban J connectivity index is 1.60. The summed E-state index contributed by atoms with van der Waals surface area (Å²) < 4.78 is 5.06. The molecule has 2 atom stereocenters. The summed E-state index contributed by atoms with van der Waals surface area (Å²) in [5.74, 6) is -0.357. The molecule has 2 heterocycles. The van der Waals surface area contributed by atoms with Crippen molar-refractivity contribution in [3.05, 3.63) is 0 Å². The smallest absolute Gasteiger partial charge is 0.407 e. The third-order valence-corrected chi connectivity index (χ3v) is 3.95. The monoisotopic (exact) mass is 358 g/mol. The standard InChI is InChI=1S/C15H26N4O6/c1-15(2,3)25-13(21)16-6-7-24-17-12(20)8-10-4-5-11-9-18(10)14(22)19(11)23/h10-11,23H,4-9H2,1-3H3,(H,16,21)(H,17,20)/t10-,11-/m0/s1. The number of hydroxylamine groups is 3. The Labute approximate surface area is 146 Å². The normalized spacial score (nSPS) is 22.8. The number of ether oxygens (including phenoxy) is 1. The Hall–Kier alpha value is -2.07. The van der Waals surface area contributed by atoms with Gasteiger partial charge in [0.15, 0.2) is 0 Å². The number of piperidine rings is 1. The van der Waals surface area contributed by atoms with Crippen LogP contribution in [0.25, 0.3) is 0 Å². The summed E-state index contributed by atoms with van der Waals surface area (Å²) in [6, 6.07) is -0.880. The average Bonchev–Trinajstić information content (AvgIpc) is 2.73. The number of hydrogen-bond acceptors (Lipinski definition) is 6. The molecule has 142 valence electrons. The van der Waals surface area contributed by atoms with Crippen molar-refractivity contribution in [3.8, 4) is 0 Å². The van der Waals surface area contributed by atoms with Crippen LogP contribution in [0.15, 0.2) is 0 Å². The van der Waals surface area contributed by atoms with Crippen LogP contribution < -0.4 is 10.8 Å². The topological polar surface area (TPSA) is 120 Å². The van der Waals surface area contributed by atoms with Crippen molar-refractivity contribution < 1.29 is 29.2 Å². The molecule has 3 N–H and O–H groups in total. The highest BCUT2D eigenvalue weighted by molar-refractivity contribution is 5.79. The lowest BCUT2D eigenvalue weighted by Crippen LogP contribution is -2.43. The Morgan fingerprint density at radius 2 is 2.04 bits per heavy atom. The first-order chi connectivity index (χ1) is 11.7. The molecule has 0 aromatic heterocycles. The lowest BCUT2D eigenvalue weighted by molar-refractivity contribution is -0.134. The molecule has 0 unspecified atom stereocenters. The maximum Gasteiger partial charge on any atom is 0.407 e. The van der Waals surface area contributed by atoms with Gasteiger partial charge in [-0.2, -0.15) is 0 Å². The number of urea groups is 1. The molecule has 2 fully saturated rings. The van der Waals surface area contributed by atoms with E-state index in [-0.39, 0.29) is 37.6 Å². The van der Waals surface area contributed by atoms with Gasteiger partial charge >= 0.3 is 12.1 Å². The number of amides is 4. The molecule has 4 amide bonds. The van der Waals surface area contributed by atoms with Crippen molar-refractivity contribution in [1.29, 1.82) is 0 Å². The van der Waals surface area contributed by atoms with Gasteiger partial charge < -0.3 is 15.0 Å². The van der Waals surface area contributed by atoms with E-state index in [4.69, 9.17) is 9.57 Å². The number of carbonyl (C=O) groups is 3. The lowest BCUT2D eigenvalue weighted by Gasteiger charge is -2.29. The van der Waals surface area contributed by atoms with Gasteiger partial charge in [0.2, 0.25) is 5.91 Å². The minimum atomic E-state index is -0.574. The molecule has 0 spiro atoms. The lowest BCUT2D eigenvalue weighted by atomic mass is 9.98. The van der Waals surface area contributed by atoms with Crippen molar-refractivity contribution in [2.24, 2.45) is 0 Å². The Morgan fingerprint density at radius 1 is 1.32 bits per heavy atom. The van der Waals surface area contributed by atoms with E-state index in [2.05, 4.69) is 10.8 Å². The first-order valence-corrected chi connectivity index (χ1v) is 8.33. The van der Waals surface area contributed by atoms with Gasteiger partial charge in [0.05, 0.1) is 12.6 Å². The van der Waals surface area contributed by atoms with Crippen LogP contribution in [0.1, 0.15) is 40.0 Å². The molecule has 2 rings (SSSR count). The van der Waals surface area contributed by atoms with Crippen molar-refractivity contribution in [2.75, 3.05) is 19.7 Å². The Kier molecular flexibility index (Phi) is 6.07. The van der Waals surface area contributed by atoms with Gasteiger partial charge in [0.1, 0.15) is 5.60 Å². The van der Waals surface area contributed by atoms with E-state index in [1.54, 1.807) is 20.8 Å². The van der Waals surface area contributed by atoms with Crippen LogP contribution in [-0.2, 0) is 14.4 Å². The highest BCUT2D eigenvalue weighted by atomic mass is 16.7. The summed E-state index contributed by atoms with van der Waals surface area (Å²) in [6.07, 6.45) is 0.866. The second-order valence-electron chi connectivity index (χ2n) is 7.17. The van der Waals surface area contributed by atoms with Crippen LogP contribution in [0.4, 0.5) is 9.59 Å². The maximum absolute atomic E-state index is 11.9. The molecular weight excluding hydrogens is 332 g/mol. The van der Waals surface area contributed by atoms with Crippen LogP contribution in [-0.4, -0.2) is 70.6 Å². The summed E-state index contributed by atoms with van der Waals surface area (Å²) in [5.41, 5.74) is 1.72. The van der Waals surface area contributed by atoms with Crippen molar-refractivity contribution in [1.82, 2.24) is 20.8 Å². The van der Waals surface area contributed by atoms with Crippen LogP contribution in [0.2, 0.25) is 0 Å². The van der Waals surface area contributed by atoms with E-state index < -0.39 is 17.7 Å². The minimum absolute atomic E-state index is 0.0881. The molecule has 2 aliphatic rings. The maximum atomic E-state index is 11.9. The van der Waals surface area contributed by atoms with Gasteiger partial charge in [-0.3, -0.25) is 14.8 Å². The fourth-order valence-electron chi connectivity index (χ4n) is 2.85. The average molecular weight is 358 g/mol. The summed E-state index contributed by atoms with van der Waals surface area (Å²) in [6.45, 7) is 6.00. The summed E-state index contributed by atoms with van der Waals surface area (Å²) in [5, 5.41) is 12.9. The van der Waals surface area contributed by atoms with E-state index >= 15 is 0 Å². The fraction of sp³-hybridized carbons (Fsp3) is 0.800. The number of carbonyl (C=O) groups excluding carboxylic acids is 3. The Bertz CT molecular complexity index is 521. The second kappa shape index (κ2) is 7.87. The molecule has 0 aromatic carbocycles. The third-order valence-electron chi connectivity index (χ3n) is 3.95. The number of hydrogen-bond donors (Lipinski definition) is 3. The number of nitrogens with one attached hydrogen (secondary N) is 2. The second-order valence-corrected chi connectivity index (χ2v) is 7.17. The van der Waals surface area contributed by atoms with Crippen molar-refractivity contribution >= 4 is 18.0 Å². The molecule has 0 radical (unpaired) electrons. The number of nitrogens with zero attached hydrogens (tertiary/aromatic N) is 2. The van der Waals surface area contributed by atoms with Crippen LogP contribution in [0, 0.1) is 0 Å². The van der Waals surface area contributed by atoms with E-state index in [0.29, 0.717) is 19.4 Å². The molecule has 0 saturated carbocycles. The quantitative estimate of drug-likeness (QED) is 0.363. The minimum Gasteiger partial charge on any atom is -0.444 e.